The Kier molecular flexibility index (Phi) is 10.5. The van der Waals surface area contributed by atoms with Crippen molar-refractivity contribution in [1.82, 2.24) is 0 Å². The van der Waals surface area contributed by atoms with Crippen LogP contribution in [0, 0.1) is 0 Å². The molecule has 0 amide bonds. The number of ether oxygens (including phenoxy) is 2. The summed E-state index contributed by atoms with van der Waals surface area (Å²) in [6.45, 7) is -1.01. The first-order chi connectivity index (χ1) is 14.7. The van der Waals surface area contributed by atoms with Crippen molar-refractivity contribution in [2.75, 3.05) is 0 Å². The van der Waals surface area contributed by atoms with Crippen LogP contribution in [0.2, 0.25) is 0 Å². The van der Waals surface area contributed by atoms with Gasteiger partial charge in [-0.2, -0.15) is 70.2 Å². The molecule has 0 aliphatic carbocycles. The molecular formula is C12H8F17NaO5S. The third-order valence-electron chi connectivity index (χ3n) is 3.84. The summed E-state index contributed by atoms with van der Waals surface area (Å²) in [6, 6.07) is 0. The first kappa shape index (κ1) is 37.8. The van der Waals surface area contributed by atoms with Gasteiger partial charge < -0.3 is 4.55 Å². The van der Waals surface area contributed by atoms with Gasteiger partial charge in [0.15, 0.2) is 10.1 Å². The van der Waals surface area contributed by atoms with Crippen molar-refractivity contribution < 1.29 is 127 Å². The summed E-state index contributed by atoms with van der Waals surface area (Å²) in [5.41, 5.74) is 0. The average molecular weight is 610 g/mol. The molecule has 24 heteroatoms. The van der Waals surface area contributed by atoms with E-state index in [0.717, 1.165) is 0 Å². The molecule has 0 aromatic rings. The topological polar surface area (TPSA) is 75.7 Å². The van der Waals surface area contributed by atoms with Crippen LogP contribution in [-0.2, 0) is 19.6 Å². The summed E-state index contributed by atoms with van der Waals surface area (Å²) in [5, 5.41) is -7.87. The van der Waals surface area contributed by atoms with Gasteiger partial charge in [0.1, 0.15) is 0 Å². The number of rotatable bonds is 11. The molecule has 0 N–H and O–H groups in total. The summed E-state index contributed by atoms with van der Waals surface area (Å²) in [7, 11) is -8.12. The molecule has 5 nitrogen and oxygen atoms in total. The van der Waals surface area contributed by atoms with Gasteiger partial charge in [-0.05, 0) is 0 Å². The Morgan fingerprint density at radius 2 is 1.00 bits per heavy atom. The molecule has 2 unspecified atom stereocenters. The van der Waals surface area contributed by atoms with Crippen molar-refractivity contribution in [3.8, 4) is 0 Å². The fraction of sp³-hybridized carbons (Fsp3) is 1.00. The third kappa shape index (κ3) is 5.95. The predicted molar refractivity (Wildman–Crippen MR) is 71.2 cm³/mol. The zero-order valence-electron chi connectivity index (χ0n) is 17.1. The molecule has 2 atom stereocenters. The van der Waals surface area contributed by atoms with Crippen LogP contribution < -0.4 is 29.6 Å². The molecule has 0 heterocycles. The molecule has 212 valence electrons. The summed E-state index contributed by atoms with van der Waals surface area (Å²) < 4.78 is 259. The van der Waals surface area contributed by atoms with Crippen molar-refractivity contribution in [1.29, 1.82) is 0 Å². The quantitative estimate of drug-likeness (QED) is 0.205. The van der Waals surface area contributed by atoms with E-state index in [1.165, 1.54) is 4.74 Å². The second kappa shape index (κ2) is 9.99. The minimum Gasteiger partial charge on any atom is -0.743 e. The maximum atomic E-state index is 13.8. The van der Waals surface area contributed by atoms with E-state index >= 15 is 0 Å². The zero-order valence-corrected chi connectivity index (χ0v) is 19.9. The van der Waals surface area contributed by atoms with Crippen LogP contribution in [0.5, 0.6) is 0 Å². The molecule has 0 bridgehead atoms. The van der Waals surface area contributed by atoms with E-state index < -0.39 is 76.6 Å². The Labute approximate surface area is 210 Å². The fourth-order valence-corrected chi connectivity index (χ4v) is 2.24. The van der Waals surface area contributed by atoms with Crippen molar-refractivity contribution in [3.63, 3.8) is 0 Å². The van der Waals surface area contributed by atoms with Crippen molar-refractivity contribution >= 4 is 10.1 Å². The van der Waals surface area contributed by atoms with E-state index in [2.05, 4.69) is 0 Å². The second-order valence-electron chi connectivity index (χ2n) is 6.43. The number of alkyl halides is 17. The smallest absolute Gasteiger partial charge is 0.743 e. The van der Waals surface area contributed by atoms with Crippen molar-refractivity contribution in [2.24, 2.45) is 0 Å². The van der Waals surface area contributed by atoms with Gasteiger partial charge in [0.25, 0.3) is 5.85 Å². The molecule has 0 aliphatic rings. The minimum atomic E-state index is -8.34. The van der Waals surface area contributed by atoms with E-state index in [9.17, 15) is 87.6 Å². The number of hydrogen-bond acceptors (Lipinski definition) is 5. The Morgan fingerprint density at radius 3 is 1.28 bits per heavy atom. The van der Waals surface area contributed by atoms with Gasteiger partial charge in [0.05, 0.1) is 0 Å². The molecule has 0 radical (unpaired) electrons. The summed E-state index contributed by atoms with van der Waals surface area (Å²) in [4.78, 5) is 0. The Hall–Kier alpha value is -0.360. The van der Waals surface area contributed by atoms with Crippen LogP contribution in [0.4, 0.5) is 74.6 Å². The van der Waals surface area contributed by atoms with Gasteiger partial charge in [0, 0.05) is 13.3 Å². The standard InChI is InChI=1S/C12H9F17O5S.Na/c1-3-5(14,15)6(16,17)4(2,13)33-10(24,25)11(26,27)34-8(20,9(21,22)23)7(18,19)12(28,29)35(30,31)32;/h3H2,1-2H3,(H,30,31,32);/q;+1/p-1. The van der Waals surface area contributed by atoms with E-state index in [1.54, 1.807) is 0 Å². The van der Waals surface area contributed by atoms with Gasteiger partial charge in [-0.25, -0.2) is 12.8 Å². The van der Waals surface area contributed by atoms with Crippen LogP contribution in [0.15, 0.2) is 0 Å². The third-order valence-corrected chi connectivity index (χ3v) is 4.72. The SMILES string of the molecule is CCC(F)(F)C(F)(F)C(C)(F)OC(F)(F)C(F)(F)OC(F)(C(F)(F)F)C(F)(F)C(F)(F)S(=O)(=O)[O-].[Na+]. The van der Waals surface area contributed by atoms with Crippen LogP contribution in [-0.4, -0.2) is 66.1 Å². The monoisotopic (exact) mass is 610 g/mol. The Morgan fingerprint density at radius 1 is 0.667 bits per heavy atom. The molecule has 0 aromatic heterocycles. The van der Waals surface area contributed by atoms with Gasteiger partial charge in [0.2, 0.25) is 0 Å². The van der Waals surface area contributed by atoms with E-state index in [4.69, 9.17) is 0 Å². The maximum absolute atomic E-state index is 13.8. The van der Waals surface area contributed by atoms with Crippen LogP contribution >= 0.6 is 0 Å². The van der Waals surface area contributed by atoms with Gasteiger partial charge in [-0.15, -0.1) is 0 Å². The first-order valence-corrected chi connectivity index (χ1v) is 9.20. The molecule has 0 aliphatic heterocycles. The van der Waals surface area contributed by atoms with Crippen LogP contribution in [0.25, 0.3) is 0 Å². The summed E-state index contributed by atoms with van der Waals surface area (Å²) in [5.74, 6) is -34.9. The molecule has 0 saturated heterocycles. The number of hydrogen-bond donors (Lipinski definition) is 0. The Balaban J connectivity index is 0. The summed E-state index contributed by atoms with van der Waals surface area (Å²) >= 11 is 0. The second-order valence-corrected chi connectivity index (χ2v) is 7.85. The molecule has 0 rings (SSSR count). The molecule has 0 saturated carbocycles. The predicted octanol–water partition coefficient (Wildman–Crippen LogP) is 2.58. The molecule has 36 heavy (non-hydrogen) atoms. The van der Waals surface area contributed by atoms with Gasteiger partial charge in [-0.1, -0.05) is 6.92 Å². The summed E-state index contributed by atoms with van der Waals surface area (Å²) in [6.07, 6.45) is -25.7. The van der Waals surface area contributed by atoms with E-state index in [0.29, 0.717) is 0 Å². The molecule has 0 aromatic carbocycles. The van der Waals surface area contributed by atoms with Gasteiger partial charge in [-0.3, -0.25) is 9.47 Å². The number of halogens is 17. The van der Waals surface area contributed by atoms with Gasteiger partial charge >= 0.3 is 76.8 Å². The van der Waals surface area contributed by atoms with E-state index in [1.807, 2.05) is 4.74 Å². The largest absolute Gasteiger partial charge is 1.00 e. The van der Waals surface area contributed by atoms with Crippen molar-refractivity contribution in [2.45, 2.75) is 73.4 Å². The Bertz CT molecular complexity index is 887. The van der Waals surface area contributed by atoms with E-state index in [-0.39, 0.29) is 36.5 Å². The van der Waals surface area contributed by atoms with Crippen LogP contribution in [0.1, 0.15) is 20.3 Å². The first-order valence-electron chi connectivity index (χ1n) is 7.79. The molecule has 0 fully saturated rings. The normalized spacial score (nSPS) is 18.8. The maximum Gasteiger partial charge on any atom is 1.00 e. The van der Waals surface area contributed by atoms with Crippen LogP contribution in [0.3, 0.4) is 0 Å². The van der Waals surface area contributed by atoms with Crippen molar-refractivity contribution in [3.05, 3.63) is 0 Å². The molecular weight excluding hydrogens is 602 g/mol. The minimum absolute atomic E-state index is 0. The zero-order chi connectivity index (χ0) is 29.1. The fourth-order valence-electron chi connectivity index (χ4n) is 1.79. The average Bonchev–Trinajstić information content (AvgIpc) is 2.57. The molecule has 0 spiro atoms.